The highest BCUT2D eigenvalue weighted by molar-refractivity contribution is 7.18. The molecule has 142 valence electrons. The smallest absolute Gasteiger partial charge is 0.180 e. The molecular formula is C21H18ClFN4S. The van der Waals surface area contributed by atoms with Crippen LogP contribution < -0.4 is 11.5 Å². The van der Waals surface area contributed by atoms with Crippen molar-refractivity contribution in [3.05, 3.63) is 77.0 Å². The van der Waals surface area contributed by atoms with E-state index in [1.807, 2.05) is 24.4 Å². The van der Waals surface area contributed by atoms with Gasteiger partial charge < -0.3 is 11.5 Å². The fourth-order valence-electron chi connectivity index (χ4n) is 3.25. The highest BCUT2D eigenvalue weighted by atomic mass is 35.5. The van der Waals surface area contributed by atoms with Crippen molar-refractivity contribution in [1.82, 2.24) is 9.97 Å². The average molecular weight is 413 g/mol. The van der Waals surface area contributed by atoms with Crippen LogP contribution in [0.15, 0.2) is 54.9 Å². The minimum absolute atomic E-state index is 0.110. The Balaban J connectivity index is 1.59. The lowest BCUT2D eigenvalue weighted by atomic mass is 10.00. The van der Waals surface area contributed by atoms with Gasteiger partial charge in [0.05, 0.1) is 15.6 Å². The largest absolute Gasteiger partial charge is 0.375 e. The number of rotatable bonds is 5. The molecule has 0 spiro atoms. The van der Waals surface area contributed by atoms with Gasteiger partial charge in [-0.05, 0) is 47.2 Å². The second-order valence-corrected chi connectivity index (χ2v) is 8.12. The van der Waals surface area contributed by atoms with Crippen LogP contribution in [0, 0.1) is 5.82 Å². The molecule has 4 rings (SSSR count). The van der Waals surface area contributed by atoms with Gasteiger partial charge in [-0.1, -0.05) is 41.1 Å². The van der Waals surface area contributed by atoms with Crippen LogP contribution in [-0.4, -0.2) is 16.0 Å². The fourth-order valence-corrected chi connectivity index (χ4v) is 4.22. The summed E-state index contributed by atoms with van der Waals surface area (Å²) in [7, 11) is 0. The van der Waals surface area contributed by atoms with Gasteiger partial charge >= 0.3 is 0 Å². The minimum atomic E-state index is -0.435. The Hall–Kier alpha value is -2.54. The van der Waals surface area contributed by atoms with Crippen LogP contribution >= 0.6 is 22.9 Å². The summed E-state index contributed by atoms with van der Waals surface area (Å²) in [4.78, 5) is 9.64. The van der Waals surface area contributed by atoms with E-state index in [4.69, 9.17) is 23.1 Å². The molecule has 0 aliphatic carbocycles. The van der Waals surface area contributed by atoms with E-state index in [0.717, 1.165) is 32.5 Å². The predicted molar refractivity (Wildman–Crippen MR) is 114 cm³/mol. The monoisotopic (exact) mass is 412 g/mol. The molecule has 4 N–H and O–H groups in total. The molecule has 0 amide bonds. The first kappa shape index (κ1) is 18.8. The van der Waals surface area contributed by atoms with E-state index >= 15 is 0 Å². The summed E-state index contributed by atoms with van der Waals surface area (Å²) in [6, 6.07) is 12.7. The van der Waals surface area contributed by atoms with Crippen LogP contribution in [0.5, 0.6) is 0 Å². The van der Waals surface area contributed by atoms with Crippen LogP contribution in [0.1, 0.15) is 11.3 Å². The van der Waals surface area contributed by atoms with Gasteiger partial charge in [0, 0.05) is 30.2 Å². The molecule has 2 aromatic heterocycles. The van der Waals surface area contributed by atoms with Gasteiger partial charge in [0.2, 0.25) is 0 Å². The lowest BCUT2D eigenvalue weighted by molar-refractivity contribution is 0.617. The van der Waals surface area contributed by atoms with Crippen molar-refractivity contribution in [2.75, 3.05) is 5.73 Å². The Morgan fingerprint density at radius 2 is 1.93 bits per heavy atom. The van der Waals surface area contributed by atoms with Gasteiger partial charge in [0.15, 0.2) is 5.13 Å². The number of benzene rings is 2. The summed E-state index contributed by atoms with van der Waals surface area (Å²) < 4.78 is 13.7. The van der Waals surface area contributed by atoms with Crippen LogP contribution in [0.4, 0.5) is 9.52 Å². The maximum absolute atomic E-state index is 13.7. The third kappa shape index (κ3) is 3.99. The molecule has 0 saturated heterocycles. The molecule has 4 nitrogen and oxygen atoms in total. The number of hydrogen-bond acceptors (Lipinski definition) is 5. The molecule has 2 heterocycles. The van der Waals surface area contributed by atoms with Crippen LogP contribution in [0.25, 0.3) is 21.2 Å². The van der Waals surface area contributed by atoms with Crippen molar-refractivity contribution in [3.63, 3.8) is 0 Å². The third-order valence-corrected chi connectivity index (χ3v) is 5.84. The molecule has 28 heavy (non-hydrogen) atoms. The topological polar surface area (TPSA) is 77.8 Å². The predicted octanol–water partition coefficient (Wildman–Crippen LogP) is 4.85. The quantitative estimate of drug-likeness (QED) is 0.491. The highest BCUT2D eigenvalue weighted by Crippen LogP contribution is 2.34. The Morgan fingerprint density at radius 1 is 1.07 bits per heavy atom. The number of nitrogen functional groups attached to an aromatic ring is 1. The molecule has 0 fully saturated rings. The standard InChI is InChI=1S/C21H18ClFN4S/c22-17-4-1-12(8-18(17)23)7-16(24)10-19-20(28-21(25)27-19)14-2-3-15-11-26-6-5-13(15)9-14/h1-6,8-9,11,16H,7,10,24H2,(H2,25,27)/t16-/m0/s1. The Kier molecular flexibility index (Phi) is 5.26. The molecule has 0 aliphatic heterocycles. The van der Waals surface area contributed by atoms with Crippen LogP contribution in [-0.2, 0) is 12.8 Å². The molecule has 0 unspecified atom stereocenters. The number of fused-ring (bicyclic) bond motifs is 1. The summed E-state index contributed by atoms with van der Waals surface area (Å²) in [5.74, 6) is -0.435. The molecule has 0 radical (unpaired) electrons. The number of nitrogens with zero attached hydrogens (tertiary/aromatic N) is 2. The van der Waals surface area contributed by atoms with Crippen molar-refractivity contribution in [2.45, 2.75) is 18.9 Å². The van der Waals surface area contributed by atoms with Crippen molar-refractivity contribution in [2.24, 2.45) is 5.73 Å². The number of aromatic nitrogens is 2. The number of anilines is 1. The third-order valence-electron chi connectivity index (χ3n) is 4.55. The number of thiazole rings is 1. The molecule has 0 saturated carbocycles. The Labute approximate surface area is 171 Å². The summed E-state index contributed by atoms with van der Waals surface area (Å²) in [5, 5.41) is 2.79. The van der Waals surface area contributed by atoms with E-state index in [9.17, 15) is 4.39 Å². The van der Waals surface area contributed by atoms with Crippen LogP contribution in [0.3, 0.4) is 0 Å². The van der Waals surface area contributed by atoms with Gasteiger partial charge in [-0.2, -0.15) is 0 Å². The fraction of sp³-hybridized carbons (Fsp3) is 0.143. The second-order valence-electron chi connectivity index (χ2n) is 6.68. The lowest BCUT2D eigenvalue weighted by Gasteiger charge is -2.12. The van der Waals surface area contributed by atoms with Gasteiger partial charge in [0.1, 0.15) is 5.82 Å². The number of hydrogen-bond donors (Lipinski definition) is 2. The molecule has 4 aromatic rings. The Bertz CT molecular complexity index is 1140. The molecule has 7 heteroatoms. The van der Waals surface area contributed by atoms with Crippen molar-refractivity contribution >= 4 is 38.8 Å². The molecule has 0 bridgehead atoms. The molecular weight excluding hydrogens is 395 g/mol. The summed E-state index contributed by atoms with van der Waals surface area (Å²) in [6.07, 6.45) is 4.67. The van der Waals surface area contributed by atoms with Crippen LogP contribution in [0.2, 0.25) is 5.02 Å². The minimum Gasteiger partial charge on any atom is -0.375 e. The van der Waals surface area contributed by atoms with Crippen molar-refractivity contribution in [1.29, 1.82) is 0 Å². The first-order chi connectivity index (χ1) is 13.5. The lowest BCUT2D eigenvalue weighted by Crippen LogP contribution is -2.26. The SMILES string of the molecule is Nc1nc(C[C@@H](N)Cc2ccc(Cl)c(F)c2)c(-c2ccc3cnccc3c2)s1. The first-order valence-electron chi connectivity index (χ1n) is 8.78. The van der Waals surface area contributed by atoms with Gasteiger partial charge in [0.25, 0.3) is 0 Å². The highest BCUT2D eigenvalue weighted by Gasteiger charge is 2.16. The van der Waals surface area contributed by atoms with E-state index in [-0.39, 0.29) is 11.1 Å². The molecule has 1 atom stereocenters. The molecule has 2 aromatic carbocycles. The Morgan fingerprint density at radius 3 is 2.75 bits per heavy atom. The van der Waals surface area contributed by atoms with Gasteiger partial charge in [-0.3, -0.25) is 4.98 Å². The van der Waals surface area contributed by atoms with E-state index in [1.54, 1.807) is 18.3 Å². The zero-order chi connectivity index (χ0) is 19.7. The van der Waals surface area contributed by atoms with Gasteiger partial charge in [-0.25, -0.2) is 9.37 Å². The summed E-state index contributed by atoms with van der Waals surface area (Å²) in [5.41, 5.74) is 15.0. The van der Waals surface area contributed by atoms with E-state index < -0.39 is 5.82 Å². The number of pyridine rings is 1. The maximum Gasteiger partial charge on any atom is 0.180 e. The second kappa shape index (κ2) is 7.83. The van der Waals surface area contributed by atoms with Crippen molar-refractivity contribution < 1.29 is 4.39 Å². The summed E-state index contributed by atoms with van der Waals surface area (Å²) in [6.45, 7) is 0. The molecule has 0 aliphatic rings. The normalized spacial score (nSPS) is 12.4. The number of halogens is 2. The average Bonchev–Trinajstić information content (AvgIpc) is 3.04. The van der Waals surface area contributed by atoms with E-state index in [2.05, 4.69) is 16.0 Å². The van der Waals surface area contributed by atoms with E-state index in [0.29, 0.717) is 18.0 Å². The van der Waals surface area contributed by atoms with E-state index in [1.165, 1.54) is 17.4 Å². The van der Waals surface area contributed by atoms with Crippen molar-refractivity contribution in [3.8, 4) is 10.4 Å². The number of nitrogens with two attached hydrogens (primary N) is 2. The zero-order valence-corrected chi connectivity index (χ0v) is 16.5. The maximum atomic E-state index is 13.7. The van der Waals surface area contributed by atoms with Gasteiger partial charge in [-0.15, -0.1) is 0 Å². The summed E-state index contributed by atoms with van der Waals surface area (Å²) >= 11 is 7.19. The first-order valence-corrected chi connectivity index (χ1v) is 9.98. The zero-order valence-electron chi connectivity index (χ0n) is 14.9.